The molecule has 1 fully saturated rings. The number of aromatic nitrogens is 5. The van der Waals surface area contributed by atoms with E-state index in [-0.39, 0.29) is 16.7 Å². The quantitative estimate of drug-likeness (QED) is 0.449. The van der Waals surface area contributed by atoms with E-state index in [1.165, 1.54) is 17.8 Å². The first-order valence-electron chi connectivity index (χ1n) is 9.95. The number of alkyl halides is 3. The van der Waals surface area contributed by atoms with Crippen molar-refractivity contribution in [3.63, 3.8) is 0 Å². The van der Waals surface area contributed by atoms with Crippen molar-refractivity contribution in [3.05, 3.63) is 52.8 Å². The van der Waals surface area contributed by atoms with Gasteiger partial charge in [0, 0.05) is 17.4 Å². The lowest BCUT2D eigenvalue weighted by Gasteiger charge is -2.42. The van der Waals surface area contributed by atoms with Crippen LogP contribution in [0.2, 0.25) is 5.02 Å². The Morgan fingerprint density at radius 2 is 1.97 bits per heavy atom. The van der Waals surface area contributed by atoms with E-state index in [0.717, 1.165) is 28.3 Å². The van der Waals surface area contributed by atoms with E-state index in [4.69, 9.17) is 16.3 Å². The Balaban J connectivity index is 1.85. The van der Waals surface area contributed by atoms with Crippen LogP contribution in [0.15, 0.2) is 30.6 Å². The zero-order chi connectivity index (χ0) is 24.1. The van der Waals surface area contributed by atoms with Crippen LogP contribution in [0, 0.1) is 6.92 Å². The van der Waals surface area contributed by atoms with Crippen LogP contribution in [0.1, 0.15) is 29.4 Å². The van der Waals surface area contributed by atoms with Gasteiger partial charge in [-0.2, -0.15) is 23.4 Å². The van der Waals surface area contributed by atoms with Gasteiger partial charge in [-0.05, 0) is 25.1 Å². The van der Waals surface area contributed by atoms with Crippen molar-refractivity contribution >= 4 is 24.9 Å². The summed E-state index contributed by atoms with van der Waals surface area (Å²) in [5.74, 6) is -0.0287. The summed E-state index contributed by atoms with van der Waals surface area (Å²) < 4.78 is 49.1. The minimum Gasteiger partial charge on any atom is -0.394 e. The number of nitrogens with zero attached hydrogens (tertiary/aromatic N) is 5. The molecule has 1 saturated heterocycles. The Labute approximate surface area is 191 Å². The van der Waals surface area contributed by atoms with Crippen molar-refractivity contribution in [2.45, 2.75) is 43.6 Å². The Morgan fingerprint density at radius 3 is 2.58 bits per heavy atom. The maximum Gasteiger partial charge on any atom is 0.418 e. The van der Waals surface area contributed by atoms with E-state index in [1.54, 1.807) is 14.0 Å². The summed E-state index contributed by atoms with van der Waals surface area (Å²) in [4.78, 5) is 4.20. The zero-order valence-corrected chi connectivity index (χ0v) is 18.2. The molecular weight excluding hydrogens is 465 g/mol. The van der Waals surface area contributed by atoms with Gasteiger partial charge in [-0.15, -0.1) is 0 Å². The third-order valence-corrected chi connectivity index (χ3v) is 5.65. The molecule has 3 heterocycles. The topological polar surface area (TPSA) is 118 Å². The summed E-state index contributed by atoms with van der Waals surface area (Å²) >= 11 is 5.97. The Kier molecular flexibility index (Phi) is 6.27. The van der Waals surface area contributed by atoms with E-state index >= 15 is 0 Å². The molecule has 1 aliphatic heterocycles. The second-order valence-corrected chi connectivity index (χ2v) is 8.27. The van der Waals surface area contributed by atoms with Gasteiger partial charge in [0.05, 0.1) is 17.9 Å². The van der Waals surface area contributed by atoms with E-state index < -0.39 is 54.5 Å². The number of ether oxygens (including phenoxy) is 1. The van der Waals surface area contributed by atoms with Crippen LogP contribution in [0.3, 0.4) is 0 Å². The first-order valence-corrected chi connectivity index (χ1v) is 10.3. The highest BCUT2D eigenvalue weighted by Crippen LogP contribution is 2.40. The van der Waals surface area contributed by atoms with Crippen molar-refractivity contribution < 1.29 is 33.2 Å². The fourth-order valence-electron chi connectivity index (χ4n) is 3.94. The molecule has 2 aromatic heterocycles. The lowest BCUT2D eigenvalue weighted by Crippen LogP contribution is -2.53. The molecular formula is C19H20BClF3N5O4. The molecule has 9 nitrogen and oxygen atoms in total. The second kappa shape index (κ2) is 8.72. The molecule has 1 aromatic carbocycles. The summed E-state index contributed by atoms with van der Waals surface area (Å²) in [5, 5.41) is 39.8. The molecule has 33 heavy (non-hydrogen) atoms. The molecule has 3 N–H and O–H groups in total. The smallest absolute Gasteiger partial charge is 0.394 e. The van der Waals surface area contributed by atoms with Gasteiger partial charge in [0.15, 0.2) is 5.82 Å². The highest BCUT2D eigenvalue weighted by Gasteiger charge is 2.48. The molecule has 3 aromatic rings. The fraction of sp³-hybridized carbons (Fsp3) is 0.421. The number of benzene rings is 1. The first kappa shape index (κ1) is 23.7. The zero-order valence-electron chi connectivity index (χ0n) is 17.5. The third-order valence-electron chi connectivity index (χ3n) is 5.41. The molecule has 1 aliphatic rings. The van der Waals surface area contributed by atoms with Crippen LogP contribution in [0.5, 0.6) is 0 Å². The average Bonchev–Trinajstić information content (AvgIpc) is 3.33. The lowest BCUT2D eigenvalue weighted by molar-refractivity contribution is -0.210. The predicted octanol–water partition coefficient (Wildman–Crippen LogP) is 0.0981. The van der Waals surface area contributed by atoms with Crippen LogP contribution in [-0.2, 0) is 10.9 Å². The number of rotatable bonds is 4. The van der Waals surface area contributed by atoms with Crippen LogP contribution in [-0.4, -0.2) is 72.6 Å². The summed E-state index contributed by atoms with van der Waals surface area (Å²) in [6.45, 7) is 0.860. The van der Waals surface area contributed by atoms with Crippen molar-refractivity contribution in [3.8, 4) is 5.69 Å². The number of aliphatic hydroxyl groups excluding tert-OH is 3. The molecule has 5 atom stereocenters. The van der Waals surface area contributed by atoms with Gasteiger partial charge in [0.1, 0.15) is 44.1 Å². The van der Waals surface area contributed by atoms with E-state index in [1.807, 2.05) is 0 Å². The fourth-order valence-corrected chi connectivity index (χ4v) is 4.10. The maximum atomic E-state index is 13.7. The minimum atomic E-state index is -4.72. The Hall–Kier alpha value is -2.45. The molecule has 176 valence electrons. The van der Waals surface area contributed by atoms with Crippen molar-refractivity contribution in [1.82, 2.24) is 24.5 Å². The van der Waals surface area contributed by atoms with Gasteiger partial charge in [0.25, 0.3) is 0 Å². The summed E-state index contributed by atoms with van der Waals surface area (Å²) in [5.41, 5.74) is -0.661. The third kappa shape index (κ3) is 4.38. The predicted molar refractivity (Wildman–Crippen MR) is 112 cm³/mol. The van der Waals surface area contributed by atoms with Gasteiger partial charge >= 0.3 is 6.18 Å². The van der Waals surface area contributed by atoms with Gasteiger partial charge in [0.2, 0.25) is 0 Å². The van der Waals surface area contributed by atoms with E-state index in [2.05, 4.69) is 15.2 Å². The Bertz CT molecular complexity index is 1160. The van der Waals surface area contributed by atoms with Crippen molar-refractivity contribution in [1.29, 1.82) is 0 Å². The van der Waals surface area contributed by atoms with Crippen LogP contribution in [0.4, 0.5) is 13.2 Å². The maximum absolute atomic E-state index is 13.7. The van der Waals surface area contributed by atoms with E-state index in [0.29, 0.717) is 0 Å². The SMILES string of the molecule is Bc1cnn([C@H]2[C@@H](O)[C@@H](CO)O[C@@H](c3nc(C)nn3-c3cc(Cl)ccc3C(F)(F)F)[C@@H]2O)c1. The summed E-state index contributed by atoms with van der Waals surface area (Å²) in [6.07, 6.45) is -6.97. The molecule has 0 saturated carbocycles. The largest absolute Gasteiger partial charge is 0.418 e. The molecule has 0 amide bonds. The number of halogens is 4. The lowest BCUT2D eigenvalue weighted by atomic mass is 9.92. The molecule has 14 heteroatoms. The van der Waals surface area contributed by atoms with E-state index in [9.17, 15) is 28.5 Å². The first-order chi connectivity index (χ1) is 15.5. The van der Waals surface area contributed by atoms with Crippen molar-refractivity contribution in [2.24, 2.45) is 0 Å². The molecule has 0 aliphatic carbocycles. The van der Waals surface area contributed by atoms with Crippen LogP contribution < -0.4 is 5.46 Å². The van der Waals surface area contributed by atoms with Gasteiger partial charge in [-0.1, -0.05) is 17.1 Å². The normalized spacial score (nSPS) is 26.0. The number of hydrogen-bond donors (Lipinski definition) is 3. The highest BCUT2D eigenvalue weighted by atomic mass is 35.5. The summed E-state index contributed by atoms with van der Waals surface area (Å²) in [6, 6.07) is 1.95. The summed E-state index contributed by atoms with van der Waals surface area (Å²) in [7, 11) is 1.76. The Morgan fingerprint density at radius 1 is 1.24 bits per heavy atom. The van der Waals surface area contributed by atoms with Crippen LogP contribution >= 0.6 is 11.6 Å². The second-order valence-electron chi connectivity index (χ2n) is 7.84. The molecule has 4 rings (SSSR count). The van der Waals surface area contributed by atoms with Gasteiger partial charge in [-0.3, -0.25) is 4.68 Å². The molecule has 0 bridgehead atoms. The number of aryl methyl sites for hydroxylation is 1. The molecule has 0 spiro atoms. The monoisotopic (exact) mass is 485 g/mol. The standard InChI is InChI=1S/C19H20BClF3N5O4/c1-8-26-18(29(27-8)12-4-10(21)2-3-11(12)19(22,23)24)17-16(32)14(15(31)13(7-30)33-17)28-6-9(20)5-25-28/h2-6,13-17,30-32H,7,20H2,1H3/t13-,14+,15+,16-,17-/m1/s1. The molecule has 0 radical (unpaired) electrons. The number of hydrogen-bond acceptors (Lipinski definition) is 7. The minimum absolute atomic E-state index is 0.0377. The average molecular weight is 486 g/mol. The highest BCUT2D eigenvalue weighted by molar-refractivity contribution is 6.32. The molecule has 0 unspecified atom stereocenters. The van der Waals surface area contributed by atoms with Gasteiger partial charge < -0.3 is 20.1 Å². The number of aliphatic hydroxyl groups is 3. The van der Waals surface area contributed by atoms with Crippen LogP contribution in [0.25, 0.3) is 5.69 Å². The van der Waals surface area contributed by atoms with Crippen molar-refractivity contribution in [2.75, 3.05) is 6.61 Å². The van der Waals surface area contributed by atoms with Gasteiger partial charge in [-0.25, -0.2) is 9.67 Å².